The molecule has 0 saturated heterocycles. The van der Waals surface area contributed by atoms with Gasteiger partial charge in [-0.3, -0.25) is 0 Å². The fourth-order valence-corrected chi connectivity index (χ4v) is 1.13. The van der Waals surface area contributed by atoms with E-state index in [0.29, 0.717) is 0 Å². The SMILES string of the molecule is [CH2]CCCCCC=CC=CCCC. The van der Waals surface area contributed by atoms with Crippen molar-refractivity contribution >= 4 is 0 Å². The van der Waals surface area contributed by atoms with E-state index in [2.05, 4.69) is 38.2 Å². The molecule has 0 aliphatic heterocycles. The maximum Gasteiger partial charge on any atom is -0.0348 e. The fourth-order valence-electron chi connectivity index (χ4n) is 1.13. The van der Waals surface area contributed by atoms with E-state index in [-0.39, 0.29) is 0 Å². The van der Waals surface area contributed by atoms with Crippen LogP contribution in [0.2, 0.25) is 0 Å². The molecule has 0 aliphatic carbocycles. The lowest BCUT2D eigenvalue weighted by Crippen LogP contribution is -1.73. The van der Waals surface area contributed by atoms with Crippen LogP contribution in [-0.4, -0.2) is 0 Å². The van der Waals surface area contributed by atoms with Crippen molar-refractivity contribution in [3.63, 3.8) is 0 Å². The molecule has 0 amide bonds. The van der Waals surface area contributed by atoms with Crippen molar-refractivity contribution in [3.05, 3.63) is 31.2 Å². The largest absolute Gasteiger partial charge is 0.0846 e. The highest BCUT2D eigenvalue weighted by atomic mass is 13.9. The Labute approximate surface area is 83.7 Å². The predicted molar refractivity (Wildman–Crippen MR) is 61.6 cm³/mol. The Bertz CT molecular complexity index is 131. The molecule has 75 valence electrons. The van der Waals surface area contributed by atoms with E-state index < -0.39 is 0 Å². The number of hydrogen-bond acceptors (Lipinski definition) is 0. The fraction of sp³-hybridized carbons (Fsp3) is 0.615. The van der Waals surface area contributed by atoms with Crippen LogP contribution in [0.4, 0.5) is 0 Å². The highest BCUT2D eigenvalue weighted by molar-refractivity contribution is 5.01. The van der Waals surface area contributed by atoms with Crippen LogP contribution in [0.25, 0.3) is 0 Å². The normalized spacial score (nSPS) is 11.8. The summed E-state index contributed by atoms with van der Waals surface area (Å²) in [5, 5.41) is 0. The molecule has 0 unspecified atom stereocenters. The van der Waals surface area contributed by atoms with Crippen LogP contribution < -0.4 is 0 Å². The molecule has 0 atom stereocenters. The molecule has 0 aromatic carbocycles. The first-order chi connectivity index (χ1) is 6.41. The second-order valence-electron chi connectivity index (χ2n) is 3.35. The first-order valence-electron chi connectivity index (χ1n) is 5.52. The highest BCUT2D eigenvalue weighted by Gasteiger charge is 1.83. The van der Waals surface area contributed by atoms with Crippen LogP contribution >= 0.6 is 0 Å². The summed E-state index contributed by atoms with van der Waals surface area (Å²) in [5.41, 5.74) is 0. The molecule has 1 radical (unpaired) electrons. The maximum atomic E-state index is 3.82. The molecule has 0 aromatic heterocycles. The average Bonchev–Trinajstić information content (AvgIpc) is 2.16. The minimum Gasteiger partial charge on any atom is -0.0846 e. The minimum atomic E-state index is 1.08. The number of allylic oxidation sites excluding steroid dienone is 4. The zero-order valence-electron chi connectivity index (χ0n) is 8.97. The Morgan fingerprint density at radius 3 is 2.23 bits per heavy atom. The van der Waals surface area contributed by atoms with Gasteiger partial charge in [0, 0.05) is 0 Å². The van der Waals surface area contributed by atoms with Crippen molar-refractivity contribution in [1.82, 2.24) is 0 Å². The Balaban J connectivity index is 3.12. The summed E-state index contributed by atoms with van der Waals surface area (Å²) in [6, 6.07) is 0. The molecular formula is C13H23. The van der Waals surface area contributed by atoms with E-state index in [0.717, 1.165) is 6.42 Å². The minimum absolute atomic E-state index is 1.08. The van der Waals surface area contributed by atoms with Crippen LogP contribution in [0.3, 0.4) is 0 Å². The maximum absolute atomic E-state index is 3.82. The summed E-state index contributed by atoms with van der Waals surface area (Å²) in [7, 11) is 0. The van der Waals surface area contributed by atoms with Gasteiger partial charge in [0.15, 0.2) is 0 Å². The Morgan fingerprint density at radius 2 is 1.62 bits per heavy atom. The molecule has 13 heavy (non-hydrogen) atoms. The van der Waals surface area contributed by atoms with Gasteiger partial charge < -0.3 is 0 Å². The molecule has 0 nitrogen and oxygen atoms in total. The second-order valence-corrected chi connectivity index (χ2v) is 3.35. The predicted octanol–water partition coefficient (Wildman–Crippen LogP) is 4.68. The number of hydrogen-bond donors (Lipinski definition) is 0. The summed E-state index contributed by atoms with van der Waals surface area (Å²) >= 11 is 0. The van der Waals surface area contributed by atoms with E-state index in [1.165, 1.54) is 38.5 Å². The molecule has 0 N–H and O–H groups in total. The van der Waals surface area contributed by atoms with Crippen molar-refractivity contribution in [2.45, 2.75) is 51.9 Å². The van der Waals surface area contributed by atoms with Crippen molar-refractivity contribution in [2.75, 3.05) is 0 Å². The molecule has 0 rings (SSSR count). The van der Waals surface area contributed by atoms with Crippen molar-refractivity contribution in [2.24, 2.45) is 0 Å². The second kappa shape index (κ2) is 11.5. The smallest absolute Gasteiger partial charge is 0.0348 e. The van der Waals surface area contributed by atoms with Gasteiger partial charge in [0.25, 0.3) is 0 Å². The average molecular weight is 179 g/mol. The Hall–Kier alpha value is -0.520. The summed E-state index contributed by atoms with van der Waals surface area (Å²) in [4.78, 5) is 0. The van der Waals surface area contributed by atoms with Crippen molar-refractivity contribution in [1.29, 1.82) is 0 Å². The topological polar surface area (TPSA) is 0 Å². The molecule has 0 fully saturated rings. The zero-order chi connectivity index (χ0) is 9.78. The zero-order valence-corrected chi connectivity index (χ0v) is 8.97. The Kier molecular flexibility index (Phi) is 11.0. The molecule has 0 heterocycles. The molecule has 0 aromatic rings. The van der Waals surface area contributed by atoms with E-state index in [4.69, 9.17) is 0 Å². The van der Waals surface area contributed by atoms with Gasteiger partial charge >= 0.3 is 0 Å². The van der Waals surface area contributed by atoms with Crippen molar-refractivity contribution < 1.29 is 0 Å². The summed E-state index contributed by atoms with van der Waals surface area (Å²) in [6.07, 6.45) is 17.5. The van der Waals surface area contributed by atoms with E-state index in [9.17, 15) is 0 Å². The lowest BCUT2D eigenvalue weighted by atomic mass is 10.1. The molecular weight excluding hydrogens is 156 g/mol. The van der Waals surface area contributed by atoms with Gasteiger partial charge in [-0.15, -0.1) is 0 Å². The summed E-state index contributed by atoms with van der Waals surface area (Å²) < 4.78 is 0. The first kappa shape index (κ1) is 12.5. The van der Waals surface area contributed by atoms with Gasteiger partial charge in [-0.1, -0.05) is 63.8 Å². The summed E-state index contributed by atoms with van der Waals surface area (Å²) in [5.74, 6) is 0. The molecule has 0 bridgehead atoms. The van der Waals surface area contributed by atoms with E-state index >= 15 is 0 Å². The van der Waals surface area contributed by atoms with Crippen LogP contribution in [-0.2, 0) is 0 Å². The lowest BCUT2D eigenvalue weighted by Gasteiger charge is -1.92. The van der Waals surface area contributed by atoms with Gasteiger partial charge in [-0.25, -0.2) is 0 Å². The van der Waals surface area contributed by atoms with Gasteiger partial charge in [0.05, 0.1) is 0 Å². The highest BCUT2D eigenvalue weighted by Crippen LogP contribution is 2.02. The van der Waals surface area contributed by atoms with E-state index in [1.54, 1.807) is 0 Å². The van der Waals surface area contributed by atoms with Crippen molar-refractivity contribution in [3.8, 4) is 0 Å². The molecule has 0 spiro atoms. The lowest BCUT2D eigenvalue weighted by molar-refractivity contribution is 0.695. The van der Waals surface area contributed by atoms with E-state index in [1.807, 2.05) is 0 Å². The third-order valence-electron chi connectivity index (χ3n) is 1.96. The molecule has 0 saturated carbocycles. The third kappa shape index (κ3) is 11.5. The summed E-state index contributed by atoms with van der Waals surface area (Å²) in [6.45, 7) is 6.03. The monoisotopic (exact) mass is 179 g/mol. The number of rotatable bonds is 8. The van der Waals surface area contributed by atoms with Gasteiger partial charge in [0.2, 0.25) is 0 Å². The van der Waals surface area contributed by atoms with Crippen LogP contribution in [0.5, 0.6) is 0 Å². The van der Waals surface area contributed by atoms with Crippen LogP contribution in [0, 0.1) is 6.92 Å². The quantitative estimate of drug-likeness (QED) is 0.375. The van der Waals surface area contributed by atoms with Gasteiger partial charge in [-0.05, 0) is 19.3 Å². The molecule has 0 aliphatic rings. The number of unbranched alkanes of at least 4 members (excludes halogenated alkanes) is 5. The molecule has 0 heteroatoms. The Morgan fingerprint density at radius 1 is 0.923 bits per heavy atom. The van der Waals surface area contributed by atoms with Gasteiger partial charge in [0.1, 0.15) is 0 Å². The first-order valence-corrected chi connectivity index (χ1v) is 5.52. The third-order valence-corrected chi connectivity index (χ3v) is 1.96. The standard InChI is InChI=1S/C13H23/c1-3-5-7-9-11-13-12-10-8-6-4-2/h8,10,12-13H,1,3-7,9,11H2,2H3. The van der Waals surface area contributed by atoms with Crippen LogP contribution in [0.1, 0.15) is 51.9 Å². The van der Waals surface area contributed by atoms with Crippen LogP contribution in [0.15, 0.2) is 24.3 Å². The van der Waals surface area contributed by atoms with Gasteiger partial charge in [-0.2, -0.15) is 0 Å².